The first-order valence-corrected chi connectivity index (χ1v) is 7.83. The highest BCUT2D eigenvalue weighted by molar-refractivity contribution is 5.53. The standard InChI is InChI=1S/C15H20N6O/c22-9-10-4-6-21(8-10)15-16-5-3-13(18-15)17-14-7-12(19-20-14)11-1-2-11/h3,5,7,10-11,22H,1-2,4,6,8-9H2,(H2,16,17,18,19,20)/t10-/m1/s1. The Labute approximate surface area is 128 Å². The molecule has 0 unspecified atom stereocenters. The molecule has 0 bridgehead atoms. The van der Waals surface area contributed by atoms with Gasteiger partial charge in [0.2, 0.25) is 5.95 Å². The molecule has 0 radical (unpaired) electrons. The summed E-state index contributed by atoms with van der Waals surface area (Å²) in [6, 6.07) is 3.89. The predicted molar refractivity (Wildman–Crippen MR) is 83.3 cm³/mol. The molecule has 0 spiro atoms. The molecule has 7 heteroatoms. The molecule has 1 saturated carbocycles. The van der Waals surface area contributed by atoms with E-state index in [1.165, 1.54) is 18.5 Å². The molecule has 2 aromatic rings. The SMILES string of the molecule is OC[C@@H]1CCN(c2nccc(Nc3cc(C4CC4)[nH]n3)n2)C1. The summed E-state index contributed by atoms with van der Waals surface area (Å²) in [5, 5.41) is 19.8. The molecule has 2 aliphatic rings. The Balaban J connectivity index is 1.46. The van der Waals surface area contributed by atoms with Gasteiger partial charge in [-0.05, 0) is 25.3 Å². The van der Waals surface area contributed by atoms with Gasteiger partial charge in [-0.15, -0.1) is 0 Å². The molecule has 116 valence electrons. The Bertz CT molecular complexity index is 653. The smallest absolute Gasteiger partial charge is 0.227 e. The van der Waals surface area contributed by atoms with Gasteiger partial charge in [-0.3, -0.25) is 5.10 Å². The van der Waals surface area contributed by atoms with Crippen LogP contribution in [-0.2, 0) is 0 Å². The van der Waals surface area contributed by atoms with E-state index in [4.69, 9.17) is 0 Å². The van der Waals surface area contributed by atoms with Gasteiger partial charge in [-0.25, -0.2) is 4.98 Å². The summed E-state index contributed by atoms with van der Waals surface area (Å²) in [4.78, 5) is 11.0. The highest BCUT2D eigenvalue weighted by Gasteiger charge is 2.26. The molecule has 1 aliphatic carbocycles. The molecule has 22 heavy (non-hydrogen) atoms. The van der Waals surface area contributed by atoms with Crippen molar-refractivity contribution in [3.63, 3.8) is 0 Å². The van der Waals surface area contributed by atoms with Gasteiger partial charge in [0.05, 0.1) is 0 Å². The summed E-state index contributed by atoms with van der Waals surface area (Å²) >= 11 is 0. The Hall–Kier alpha value is -2.15. The van der Waals surface area contributed by atoms with Crippen molar-refractivity contribution < 1.29 is 5.11 Å². The minimum absolute atomic E-state index is 0.228. The summed E-state index contributed by atoms with van der Waals surface area (Å²) in [5.74, 6) is 3.23. The number of nitrogens with one attached hydrogen (secondary N) is 2. The first-order chi connectivity index (χ1) is 10.8. The van der Waals surface area contributed by atoms with Crippen LogP contribution in [0.4, 0.5) is 17.6 Å². The summed E-state index contributed by atoms with van der Waals surface area (Å²) < 4.78 is 0. The van der Waals surface area contributed by atoms with Crippen LogP contribution in [0.25, 0.3) is 0 Å². The van der Waals surface area contributed by atoms with Crippen LogP contribution < -0.4 is 10.2 Å². The maximum atomic E-state index is 9.24. The Morgan fingerprint density at radius 3 is 3.00 bits per heavy atom. The summed E-state index contributed by atoms with van der Waals surface area (Å²) in [5.41, 5.74) is 1.20. The fraction of sp³-hybridized carbons (Fsp3) is 0.533. The number of hydrogen-bond acceptors (Lipinski definition) is 6. The number of hydrogen-bond donors (Lipinski definition) is 3. The molecule has 3 N–H and O–H groups in total. The zero-order chi connectivity index (χ0) is 14.9. The molecule has 3 heterocycles. The quantitative estimate of drug-likeness (QED) is 0.778. The molecular weight excluding hydrogens is 280 g/mol. The van der Waals surface area contributed by atoms with E-state index in [1.807, 2.05) is 6.07 Å². The van der Waals surface area contributed by atoms with Gasteiger partial charge in [0.25, 0.3) is 0 Å². The number of anilines is 3. The monoisotopic (exact) mass is 300 g/mol. The number of rotatable bonds is 5. The van der Waals surface area contributed by atoms with Crippen LogP contribution in [0.1, 0.15) is 30.9 Å². The van der Waals surface area contributed by atoms with E-state index >= 15 is 0 Å². The second-order valence-corrected chi connectivity index (χ2v) is 6.13. The molecule has 1 aliphatic heterocycles. The van der Waals surface area contributed by atoms with Gasteiger partial charge in [-0.1, -0.05) is 0 Å². The average Bonchev–Trinajstić information content (AvgIpc) is 3.10. The van der Waals surface area contributed by atoms with Crippen molar-refractivity contribution in [2.45, 2.75) is 25.2 Å². The van der Waals surface area contributed by atoms with Gasteiger partial charge >= 0.3 is 0 Å². The second-order valence-electron chi connectivity index (χ2n) is 6.13. The lowest BCUT2D eigenvalue weighted by Crippen LogP contribution is -2.23. The molecule has 7 nitrogen and oxygen atoms in total. The van der Waals surface area contributed by atoms with Crippen LogP contribution in [0.2, 0.25) is 0 Å². The van der Waals surface area contributed by atoms with Crippen molar-refractivity contribution in [1.29, 1.82) is 0 Å². The first-order valence-electron chi connectivity index (χ1n) is 7.83. The number of aromatic amines is 1. The van der Waals surface area contributed by atoms with Gasteiger partial charge in [0.1, 0.15) is 5.82 Å². The zero-order valence-corrected chi connectivity index (χ0v) is 12.4. The molecule has 0 aromatic carbocycles. The number of aliphatic hydroxyl groups excluding tert-OH is 1. The normalized spacial score (nSPS) is 21.3. The Kier molecular flexibility index (Phi) is 3.42. The van der Waals surface area contributed by atoms with Crippen LogP contribution in [0.5, 0.6) is 0 Å². The molecule has 2 fully saturated rings. The Morgan fingerprint density at radius 1 is 1.32 bits per heavy atom. The average molecular weight is 300 g/mol. The minimum Gasteiger partial charge on any atom is -0.396 e. The number of aromatic nitrogens is 4. The molecule has 0 amide bonds. The van der Waals surface area contributed by atoms with E-state index in [0.29, 0.717) is 17.8 Å². The molecule has 2 aromatic heterocycles. The molecule has 4 rings (SSSR count). The lowest BCUT2D eigenvalue weighted by atomic mass is 10.1. The van der Waals surface area contributed by atoms with Crippen LogP contribution >= 0.6 is 0 Å². The number of H-pyrrole nitrogens is 1. The van der Waals surface area contributed by atoms with Crippen LogP contribution in [0, 0.1) is 5.92 Å². The Morgan fingerprint density at radius 2 is 2.23 bits per heavy atom. The maximum Gasteiger partial charge on any atom is 0.227 e. The van der Waals surface area contributed by atoms with E-state index < -0.39 is 0 Å². The van der Waals surface area contributed by atoms with Gasteiger partial charge in [0.15, 0.2) is 5.82 Å². The van der Waals surface area contributed by atoms with E-state index in [1.54, 1.807) is 6.20 Å². The van der Waals surface area contributed by atoms with Gasteiger partial charge < -0.3 is 15.3 Å². The third kappa shape index (κ3) is 2.76. The molecular formula is C15H20N6O. The lowest BCUT2D eigenvalue weighted by molar-refractivity contribution is 0.238. The fourth-order valence-electron chi connectivity index (χ4n) is 2.87. The van der Waals surface area contributed by atoms with E-state index in [2.05, 4.69) is 36.4 Å². The van der Waals surface area contributed by atoms with Crippen LogP contribution in [0.15, 0.2) is 18.3 Å². The largest absolute Gasteiger partial charge is 0.396 e. The maximum absolute atomic E-state index is 9.24. The highest BCUT2D eigenvalue weighted by atomic mass is 16.3. The van der Waals surface area contributed by atoms with E-state index in [9.17, 15) is 5.11 Å². The van der Waals surface area contributed by atoms with Crippen molar-refractivity contribution in [2.24, 2.45) is 5.92 Å². The second kappa shape index (κ2) is 5.57. The third-order valence-corrected chi connectivity index (χ3v) is 4.34. The van der Waals surface area contributed by atoms with Crippen molar-refractivity contribution in [3.8, 4) is 0 Å². The van der Waals surface area contributed by atoms with E-state index in [-0.39, 0.29) is 6.61 Å². The zero-order valence-electron chi connectivity index (χ0n) is 12.4. The summed E-state index contributed by atoms with van der Waals surface area (Å²) in [6.07, 6.45) is 5.24. The van der Waals surface area contributed by atoms with Crippen LogP contribution in [-0.4, -0.2) is 45.0 Å². The highest BCUT2D eigenvalue weighted by Crippen LogP contribution is 2.39. The van der Waals surface area contributed by atoms with Gasteiger partial charge in [0, 0.05) is 49.5 Å². The number of nitrogens with zero attached hydrogens (tertiary/aromatic N) is 4. The minimum atomic E-state index is 0.228. The van der Waals surface area contributed by atoms with Crippen molar-refractivity contribution in [2.75, 3.05) is 29.9 Å². The van der Waals surface area contributed by atoms with Crippen molar-refractivity contribution in [3.05, 3.63) is 24.0 Å². The first kappa shape index (κ1) is 13.5. The van der Waals surface area contributed by atoms with Gasteiger partial charge in [-0.2, -0.15) is 10.1 Å². The van der Waals surface area contributed by atoms with Crippen molar-refractivity contribution >= 4 is 17.6 Å². The van der Waals surface area contributed by atoms with Crippen molar-refractivity contribution in [1.82, 2.24) is 20.2 Å². The fourth-order valence-corrected chi connectivity index (χ4v) is 2.87. The number of aliphatic hydroxyl groups is 1. The van der Waals surface area contributed by atoms with Crippen LogP contribution in [0.3, 0.4) is 0 Å². The summed E-state index contributed by atoms with van der Waals surface area (Å²) in [6.45, 7) is 1.93. The molecule has 1 atom stereocenters. The summed E-state index contributed by atoms with van der Waals surface area (Å²) in [7, 11) is 0. The molecule has 1 saturated heterocycles. The third-order valence-electron chi connectivity index (χ3n) is 4.34. The predicted octanol–water partition coefficient (Wildman–Crippen LogP) is 1.64. The van der Waals surface area contributed by atoms with E-state index in [0.717, 1.165) is 31.1 Å². The lowest BCUT2D eigenvalue weighted by Gasteiger charge is -2.16. The topological polar surface area (TPSA) is 90.0 Å².